The predicted octanol–water partition coefficient (Wildman–Crippen LogP) is 4.41. The summed E-state index contributed by atoms with van der Waals surface area (Å²) >= 11 is 5.46. The van der Waals surface area contributed by atoms with Crippen molar-refractivity contribution in [2.75, 3.05) is 5.32 Å². The summed E-state index contributed by atoms with van der Waals surface area (Å²) in [6.07, 6.45) is 3.87. The highest BCUT2D eigenvalue weighted by atomic mass is 32.1. The quantitative estimate of drug-likeness (QED) is 0.789. The summed E-state index contributed by atoms with van der Waals surface area (Å²) in [5, 5.41) is 7.56. The van der Waals surface area contributed by atoms with Gasteiger partial charge in [0.15, 0.2) is 5.11 Å². The van der Waals surface area contributed by atoms with Crippen molar-refractivity contribution < 1.29 is 0 Å². The number of aryl methyl sites for hydroxylation is 2. The Morgan fingerprint density at radius 1 is 1.15 bits per heavy atom. The molecule has 0 aliphatic heterocycles. The van der Waals surface area contributed by atoms with Crippen LogP contribution in [0.15, 0.2) is 18.2 Å². The lowest BCUT2D eigenvalue weighted by molar-refractivity contribution is 0.225. The van der Waals surface area contributed by atoms with Crippen LogP contribution in [0.4, 0.5) is 5.69 Å². The van der Waals surface area contributed by atoms with Gasteiger partial charge in [-0.3, -0.25) is 0 Å². The summed E-state index contributed by atoms with van der Waals surface area (Å²) in [5.74, 6) is 1.47. The molecule has 0 bridgehead atoms. The Balaban J connectivity index is 1.93. The topological polar surface area (TPSA) is 24.1 Å². The molecule has 1 aromatic rings. The molecule has 0 unspecified atom stereocenters. The predicted molar refractivity (Wildman–Crippen MR) is 91.2 cm³/mol. The fraction of sp³-hybridized carbons (Fsp3) is 0.588. The van der Waals surface area contributed by atoms with Crippen LogP contribution in [0.2, 0.25) is 0 Å². The van der Waals surface area contributed by atoms with Crippen molar-refractivity contribution in [1.82, 2.24) is 5.32 Å². The van der Waals surface area contributed by atoms with E-state index in [4.69, 9.17) is 12.2 Å². The maximum atomic E-state index is 5.46. The average Bonchev–Trinajstić information content (AvgIpc) is 2.39. The van der Waals surface area contributed by atoms with E-state index in [0.29, 0.717) is 12.0 Å². The zero-order valence-electron chi connectivity index (χ0n) is 13.0. The second-order valence-electron chi connectivity index (χ2n) is 6.27. The Hall–Kier alpha value is -1.09. The van der Waals surface area contributed by atoms with E-state index in [0.717, 1.165) is 16.7 Å². The van der Waals surface area contributed by atoms with E-state index in [2.05, 4.69) is 56.5 Å². The van der Waals surface area contributed by atoms with Crippen LogP contribution in [0.1, 0.15) is 44.2 Å². The van der Waals surface area contributed by atoms with Crippen molar-refractivity contribution in [3.63, 3.8) is 0 Å². The molecule has 0 saturated heterocycles. The lowest BCUT2D eigenvalue weighted by atomic mass is 9.78. The first-order valence-electron chi connectivity index (χ1n) is 7.62. The summed E-state index contributed by atoms with van der Waals surface area (Å²) < 4.78 is 0. The van der Waals surface area contributed by atoms with Crippen LogP contribution in [0.25, 0.3) is 0 Å². The van der Waals surface area contributed by atoms with Crippen molar-refractivity contribution in [2.24, 2.45) is 11.8 Å². The van der Waals surface area contributed by atoms with Crippen LogP contribution in [0, 0.1) is 25.7 Å². The first-order valence-corrected chi connectivity index (χ1v) is 8.03. The molecule has 0 aromatic heterocycles. The number of rotatable bonds is 2. The first-order chi connectivity index (χ1) is 9.47. The normalized spacial score (nSPS) is 26.1. The van der Waals surface area contributed by atoms with Gasteiger partial charge in [0.1, 0.15) is 0 Å². The number of hydrogen-bond acceptors (Lipinski definition) is 1. The lowest BCUT2D eigenvalue weighted by Crippen LogP contribution is -2.45. The van der Waals surface area contributed by atoms with Gasteiger partial charge in [0.25, 0.3) is 0 Å². The third-order valence-corrected chi connectivity index (χ3v) is 5.01. The van der Waals surface area contributed by atoms with Gasteiger partial charge in [0.05, 0.1) is 0 Å². The molecule has 2 rings (SSSR count). The Morgan fingerprint density at radius 2 is 1.90 bits per heavy atom. The van der Waals surface area contributed by atoms with Gasteiger partial charge in [0.2, 0.25) is 0 Å². The Bertz CT molecular complexity index is 484. The van der Waals surface area contributed by atoms with Gasteiger partial charge in [-0.25, -0.2) is 0 Å². The number of hydrogen-bond donors (Lipinski definition) is 2. The minimum atomic E-state index is 0.505. The molecular formula is C17H26N2S. The molecule has 0 heterocycles. The van der Waals surface area contributed by atoms with Crippen LogP contribution in [0.3, 0.4) is 0 Å². The Labute approximate surface area is 128 Å². The smallest absolute Gasteiger partial charge is 0.171 e. The molecule has 1 aromatic carbocycles. The largest absolute Gasteiger partial charge is 0.359 e. The molecule has 0 amide bonds. The minimum Gasteiger partial charge on any atom is -0.359 e. The molecule has 0 radical (unpaired) electrons. The molecule has 2 nitrogen and oxygen atoms in total. The zero-order chi connectivity index (χ0) is 14.7. The molecule has 1 fully saturated rings. The third-order valence-electron chi connectivity index (χ3n) is 4.79. The molecule has 110 valence electrons. The van der Waals surface area contributed by atoms with E-state index in [1.54, 1.807) is 0 Å². The van der Waals surface area contributed by atoms with Crippen molar-refractivity contribution >= 4 is 23.0 Å². The first kappa shape index (κ1) is 15.3. The molecule has 20 heavy (non-hydrogen) atoms. The lowest BCUT2D eigenvalue weighted by Gasteiger charge is -2.35. The van der Waals surface area contributed by atoms with Crippen LogP contribution >= 0.6 is 12.2 Å². The molecule has 2 N–H and O–H groups in total. The molecule has 3 atom stereocenters. The fourth-order valence-corrected chi connectivity index (χ4v) is 3.21. The van der Waals surface area contributed by atoms with E-state index in [-0.39, 0.29) is 0 Å². The number of benzene rings is 1. The Kier molecular flexibility index (Phi) is 5.03. The highest BCUT2D eigenvalue weighted by Gasteiger charge is 2.27. The summed E-state index contributed by atoms with van der Waals surface area (Å²) in [5.41, 5.74) is 3.67. The third kappa shape index (κ3) is 3.72. The van der Waals surface area contributed by atoms with E-state index in [1.807, 2.05) is 0 Å². The number of thiocarbonyl (C=S) groups is 1. The summed E-state index contributed by atoms with van der Waals surface area (Å²) in [4.78, 5) is 0. The van der Waals surface area contributed by atoms with Crippen LogP contribution < -0.4 is 10.6 Å². The minimum absolute atomic E-state index is 0.505. The average molecular weight is 290 g/mol. The van der Waals surface area contributed by atoms with Gasteiger partial charge in [-0.2, -0.15) is 0 Å². The molecule has 1 saturated carbocycles. The molecule has 1 aliphatic rings. The summed E-state index contributed by atoms with van der Waals surface area (Å²) in [7, 11) is 0. The van der Waals surface area contributed by atoms with E-state index >= 15 is 0 Å². The van der Waals surface area contributed by atoms with Gasteiger partial charge in [0, 0.05) is 11.7 Å². The second kappa shape index (κ2) is 6.57. The number of anilines is 1. The van der Waals surface area contributed by atoms with Gasteiger partial charge in [-0.1, -0.05) is 32.8 Å². The van der Waals surface area contributed by atoms with Crippen molar-refractivity contribution in [2.45, 2.75) is 53.0 Å². The fourth-order valence-electron chi connectivity index (χ4n) is 2.94. The van der Waals surface area contributed by atoms with Crippen LogP contribution in [-0.2, 0) is 0 Å². The highest BCUT2D eigenvalue weighted by Crippen LogP contribution is 2.29. The summed E-state index contributed by atoms with van der Waals surface area (Å²) in [6.45, 7) is 8.93. The second-order valence-corrected chi connectivity index (χ2v) is 6.68. The van der Waals surface area contributed by atoms with Crippen molar-refractivity contribution in [3.8, 4) is 0 Å². The van der Waals surface area contributed by atoms with Crippen LogP contribution in [0.5, 0.6) is 0 Å². The monoisotopic (exact) mass is 290 g/mol. The highest BCUT2D eigenvalue weighted by molar-refractivity contribution is 7.80. The van der Waals surface area contributed by atoms with E-state index < -0.39 is 0 Å². The molecule has 0 spiro atoms. The van der Waals surface area contributed by atoms with Gasteiger partial charge >= 0.3 is 0 Å². The standard InChI is InChI=1S/C17H26N2S/c1-11-8-9-15(10-13(11)3)18-17(20)19-16-7-5-6-12(2)14(16)4/h8-10,12,14,16H,5-7H2,1-4H3,(H2,18,19,20)/t12-,14-,16+/m1/s1. The van der Waals surface area contributed by atoms with Crippen LogP contribution in [-0.4, -0.2) is 11.2 Å². The van der Waals surface area contributed by atoms with Gasteiger partial charge < -0.3 is 10.6 Å². The van der Waals surface area contributed by atoms with Crippen molar-refractivity contribution in [1.29, 1.82) is 0 Å². The zero-order valence-corrected chi connectivity index (χ0v) is 13.8. The van der Waals surface area contributed by atoms with E-state index in [1.165, 1.54) is 30.4 Å². The SMILES string of the molecule is Cc1ccc(NC(=S)N[C@H]2CCC[C@@H](C)[C@H]2C)cc1C. The van der Waals surface area contributed by atoms with E-state index in [9.17, 15) is 0 Å². The van der Waals surface area contributed by atoms with Gasteiger partial charge in [-0.05, 0) is 67.6 Å². The maximum Gasteiger partial charge on any atom is 0.171 e. The molecule has 3 heteroatoms. The molecular weight excluding hydrogens is 264 g/mol. The summed E-state index contributed by atoms with van der Waals surface area (Å²) in [6, 6.07) is 6.87. The van der Waals surface area contributed by atoms with Crippen molar-refractivity contribution in [3.05, 3.63) is 29.3 Å². The Morgan fingerprint density at radius 3 is 2.60 bits per heavy atom. The number of nitrogens with one attached hydrogen (secondary N) is 2. The van der Waals surface area contributed by atoms with Gasteiger partial charge in [-0.15, -0.1) is 0 Å². The molecule has 1 aliphatic carbocycles. The maximum absolute atomic E-state index is 5.46.